The van der Waals surface area contributed by atoms with Crippen LogP contribution in [0.5, 0.6) is 0 Å². The minimum absolute atomic E-state index is 0.724. The summed E-state index contributed by atoms with van der Waals surface area (Å²) in [6.07, 6.45) is -2.07. The van der Waals surface area contributed by atoms with Gasteiger partial charge in [-0.3, -0.25) is 4.90 Å². The molecule has 1 aliphatic rings. The fourth-order valence-corrected chi connectivity index (χ4v) is 3.59. The molecule has 0 unspecified atom stereocenters. The Bertz CT molecular complexity index is 632. The number of aliphatic hydroxyl groups excluding tert-OH is 2. The quantitative estimate of drug-likeness (QED) is 0.384. The van der Waals surface area contributed by atoms with Crippen molar-refractivity contribution in [1.82, 2.24) is 10.2 Å². The van der Waals surface area contributed by atoms with E-state index >= 15 is 0 Å². The predicted octanol–water partition coefficient (Wildman–Crippen LogP) is 1.69. The zero-order valence-corrected chi connectivity index (χ0v) is 17.7. The second-order valence-electron chi connectivity index (χ2n) is 6.94. The molecule has 0 aromatic heterocycles. The number of rotatable bonds is 9. The number of benzene rings is 1. The topological polar surface area (TPSA) is 130 Å². The van der Waals surface area contributed by atoms with Crippen LogP contribution in [0.15, 0.2) is 18.2 Å². The van der Waals surface area contributed by atoms with Crippen LogP contribution in [0.25, 0.3) is 0 Å². The fourth-order valence-electron chi connectivity index (χ4n) is 3.02. The van der Waals surface area contributed by atoms with Crippen molar-refractivity contribution in [3.05, 3.63) is 33.8 Å². The summed E-state index contributed by atoms with van der Waals surface area (Å²) in [5, 5.41) is 37.4. The first-order chi connectivity index (χ1) is 13.6. The number of nitrogens with zero attached hydrogens (tertiary/aromatic N) is 1. The smallest absolute Gasteiger partial charge is 0.335 e. The van der Waals surface area contributed by atoms with Crippen LogP contribution in [-0.2, 0) is 16.1 Å². The third-order valence-electron chi connectivity index (χ3n) is 4.35. The maximum Gasteiger partial charge on any atom is 0.335 e. The molecule has 0 bridgehead atoms. The van der Waals surface area contributed by atoms with Gasteiger partial charge < -0.3 is 25.7 Å². The average molecular weight is 451 g/mol. The zero-order chi connectivity index (χ0) is 22.0. The van der Waals surface area contributed by atoms with Gasteiger partial charge in [-0.05, 0) is 62.2 Å². The Hall–Kier alpha value is -1.42. The molecule has 0 saturated carbocycles. The van der Waals surface area contributed by atoms with Crippen molar-refractivity contribution in [3.8, 4) is 0 Å². The van der Waals surface area contributed by atoms with Gasteiger partial charge in [0.15, 0.2) is 12.2 Å². The number of aliphatic hydroxyl groups is 2. The second-order valence-corrected chi connectivity index (χ2v) is 7.81. The third-order valence-corrected chi connectivity index (χ3v) is 4.79. The Morgan fingerprint density at radius 1 is 1.14 bits per heavy atom. The Balaban J connectivity index is 0.000000359. The standard InChI is InChI=1S/C15H22Cl2N2.C4H6O6/c1-2-5-19(10-12-3-4-18-9-12)11-13-6-14(16)8-15(17)7-13;5-1(3(7)8)2(6)4(9)10/h6-8,12,18H,2-5,9-11H2,1H3;1-2,5-6H,(H,7,8)(H,9,10)/t12-;1-,2-/m11/s1. The molecule has 164 valence electrons. The highest BCUT2D eigenvalue weighted by molar-refractivity contribution is 6.34. The van der Waals surface area contributed by atoms with Gasteiger partial charge in [0.25, 0.3) is 0 Å². The summed E-state index contributed by atoms with van der Waals surface area (Å²) in [4.78, 5) is 22.1. The number of halogens is 2. The van der Waals surface area contributed by atoms with Crippen molar-refractivity contribution in [1.29, 1.82) is 0 Å². The number of carboxylic acid groups (broad SMARTS) is 2. The second kappa shape index (κ2) is 13.0. The van der Waals surface area contributed by atoms with Crippen LogP contribution in [-0.4, -0.2) is 75.7 Å². The molecule has 0 spiro atoms. The van der Waals surface area contributed by atoms with Crippen LogP contribution in [0.2, 0.25) is 10.0 Å². The molecule has 0 amide bonds. The van der Waals surface area contributed by atoms with E-state index in [0.29, 0.717) is 0 Å². The van der Waals surface area contributed by atoms with Crippen LogP contribution in [0.4, 0.5) is 0 Å². The number of carbonyl (C=O) groups is 2. The lowest BCUT2D eigenvalue weighted by Crippen LogP contribution is -2.39. The summed E-state index contributed by atoms with van der Waals surface area (Å²) in [6, 6.07) is 5.82. The lowest BCUT2D eigenvalue weighted by Gasteiger charge is -2.25. The van der Waals surface area contributed by atoms with Crippen molar-refractivity contribution in [3.63, 3.8) is 0 Å². The van der Waals surface area contributed by atoms with Crippen molar-refractivity contribution < 1.29 is 30.0 Å². The highest BCUT2D eigenvalue weighted by atomic mass is 35.5. The molecule has 1 saturated heterocycles. The van der Waals surface area contributed by atoms with Gasteiger partial charge in [0.2, 0.25) is 0 Å². The SMILES string of the molecule is CCCN(Cc1cc(Cl)cc(Cl)c1)C[C@@H]1CCNC1.O=C(O)[C@H](O)[C@@H](O)C(=O)O. The predicted molar refractivity (Wildman–Crippen MR) is 110 cm³/mol. The summed E-state index contributed by atoms with van der Waals surface area (Å²) >= 11 is 12.1. The van der Waals surface area contributed by atoms with E-state index in [1.165, 1.54) is 18.4 Å². The molecule has 10 heteroatoms. The van der Waals surface area contributed by atoms with Gasteiger partial charge in [-0.25, -0.2) is 9.59 Å². The molecule has 3 atom stereocenters. The van der Waals surface area contributed by atoms with E-state index in [1.807, 2.05) is 12.1 Å². The minimum atomic E-state index is -2.27. The molecule has 0 radical (unpaired) electrons. The monoisotopic (exact) mass is 450 g/mol. The first kappa shape index (κ1) is 25.6. The van der Waals surface area contributed by atoms with Gasteiger partial charge in [-0.1, -0.05) is 30.1 Å². The normalized spacial score (nSPS) is 18.1. The van der Waals surface area contributed by atoms with Crippen molar-refractivity contribution in [2.75, 3.05) is 26.2 Å². The third kappa shape index (κ3) is 9.75. The molecule has 1 aliphatic heterocycles. The summed E-state index contributed by atoms with van der Waals surface area (Å²) in [5.41, 5.74) is 1.21. The summed E-state index contributed by atoms with van der Waals surface area (Å²) < 4.78 is 0. The lowest BCUT2D eigenvalue weighted by atomic mass is 10.1. The Labute approximate surface area is 180 Å². The van der Waals surface area contributed by atoms with Crippen LogP contribution in [0.1, 0.15) is 25.3 Å². The van der Waals surface area contributed by atoms with Crippen LogP contribution >= 0.6 is 23.2 Å². The molecular formula is C19H28Cl2N2O6. The van der Waals surface area contributed by atoms with E-state index < -0.39 is 24.1 Å². The average Bonchev–Trinajstić information content (AvgIpc) is 3.13. The molecule has 1 aromatic carbocycles. The van der Waals surface area contributed by atoms with Crippen molar-refractivity contribution >= 4 is 35.1 Å². The Morgan fingerprint density at radius 2 is 1.69 bits per heavy atom. The first-order valence-corrected chi connectivity index (χ1v) is 10.1. The van der Waals surface area contributed by atoms with Gasteiger partial charge in [0, 0.05) is 23.1 Å². The zero-order valence-electron chi connectivity index (χ0n) is 16.2. The number of nitrogens with one attached hydrogen (secondary N) is 1. The summed E-state index contributed by atoms with van der Waals surface area (Å²) in [6.45, 7) is 7.76. The fraction of sp³-hybridized carbons (Fsp3) is 0.579. The molecule has 29 heavy (non-hydrogen) atoms. The van der Waals surface area contributed by atoms with Gasteiger partial charge in [0.05, 0.1) is 0 Å². The summed E-state index contributed by atoms with van der Waals surface area (Å²) in [5.74, 6) is -2.76. The lowest BCUT2D eigenvalue weighted by molar-refractivity contribution is -0.165. The van der Waals surface area contributed by atoms with Crippen LogP contribution in [0.3, 0.4) is 0 Å². The molecule has 0 aliphatic carbocycles. The van der Waals surface area contributed by atoms with Crippen molar-refractivity contribution in [2.24, 2.45) is 5.92 Å². The molecule has 5 N–H and O–H groups in total. The van der Waals surface area contributed by atoms with E-state index in [0.717, 1.165) is 48.7 Å². The van der Waals surface area contributed by atoms with Gasteiger partial charge in [0.1, 0.15) is 0 Å². The van der Waals surface area contributed by atoms with Gasteiger partial charge >= 0.3 is 11.9 Å². The van der Waals surface area contributed by atoms with E-state index in [2.05, 4.69) is 17.1 Å². The van der Waals surface area contributed by atoms with E-state index in [4.69, 9.17) is 43.6 Å². The highest BCUT2D eigenvalue weighted by Gasteiger charge is 2.29. The number of hydrogen-bond donors (Lipinski definition) is 5. The first-order valence-electron chi connectivity index (χ1n) is 9.33. The van der Waals surface area contributed by atoms with E-state index in [1.54, 1.807) is 6.07 Å². The molecule has 1 fully saturated rings. The number of aliphatic carboxylic acids is 2. The minimum Gasteiger partial charge on any atom is -0.479 e. The molecule has 8 nitrogen and oxygen atoms in total. The van der Waals surface area contributed by atoms with Gasteiger partial charge in [-0.15, -0.1) is 0 Å². The number of carboxylic acids is 2. The number of hydrogen-bond acceptors (Lipinski definition) is 6. The highest BCUT2D eigenvalue weighted by Crippen LogP contribution is 2.21. The molecular weight excluding hydrogens is 423 g/mol. The molecule has 1 heterocycles. The van der Waals surface area contributed by atoms with Crippen LogP contribution < -0.4 is 5.32 Å². The maximum absolute atomic E-state index is 9.77. The Kier molecular flexibility index (Phi) is 11.5. The maximum atomic E-state index is 9.77. The van der Waals surface area contributed by atoms with Gasteiger partial charge in [-0.2, -0.15) is 0 Å². The van der Waals surface area contributed by atoms with E-state index in [-0.39, 0.29) is 0 Å². The Morgan fingerprint density at radius 3 is 2.10 bits per heavy atom. The molecule has 1 aromatic rings. The van der Waals surface area contributed by atoms with E-state index in [9.17, 15) is 9.59 Å². The summed E-state index contributed by atoms with van der Waals surface area (Å²) in [7, 11) is 0. The largest absolute Gasteiger partial charge is 0.479 e. The molecule has 2 rings (SSSR count). The van der Waals surface area contributed by atoms with Crippen molar-refractivity contribution in [2.45, 2.75) is 38.5 Å². The van der Waals surface area contributed by atoms with Crippen LogP contribution in [0, 0.1) is 5.92 Å².